The molecule has 158 valence electrons. The molecular formula is C21H29ClN4O3. The first-order chi connectivity index (χ1) is 13.8. The van der Waals surface area contributed by atoms with Crippen LogP contribution in [0.3, 0.4) is 0 Å². The third-order valence-electron chi connectivity index (χ3n) is 5.79. The van der Waals surface area contributed by atoms with Crippen molar-refractivity contribution in [2.45, 2.75) is 52.0 Å². The minimum Gasteiger partial charge on any atom is -0.338 e. The van der Waals surface area contributed by atoms with Crippen LogP contribution in [-0.4, -0.2) is 69.2 Å². The summed E-state index contributed by atoms with van der Waals surface area (Å²) in [5, 5.41) is 0.317. The molecule has 2 aliphatic rings. The maximum Gasteiger partial charge on any atom is 0.327 e. The second kappa shape index (κ2) is 8.69. The number of hydrogen-bond acceptors (Lipinski definition) is 4. The van der Waals surface area contributed by atoms with Crippen molar-refractivity contribution in [3.63, 3.8) is 0 Å². The Morgan fingerprint density at radius 3 is 2.55 bits per heavy atom. The smallest absolute Gasteiger partial charge is 0.327 e. The Morgan fingerprint density at radius 2 is 1.97 bits per heavy atom. The van der Waals surface area contributed by atoms with Crippen molar-refractivity contribution in [3.05, 3.63) is 29.0 Å². The summed E-state index contributed by atoms with van der Waals surface area (Å²) in [6, 6.07) is 1.42. The molecule has 2 fully saturated rings. The summed E-state index contributed by atoms with van der Waals surface area (Å²) in [6.07, 6.45) is 5.61. The fourth-order valence-corrected chi connectivity index (χ4v) is 4.40. The molecule has 1 spiro atoms. The maximum atomic E-state index is 13.3. The van der Waals surface area contributed by atoms with E-state index in [-0.39, 0.29) is 23.8 Å². The topological polar surface area (TPSA) is 73.8 Å². The monoisotopic (exact) mass is 420 g/mol. The van der Waals surface area contributed by atoms with E-state index < -0.39 is 5.54 Å². The van der Waals surface area contributed by atoms with Gasteiger partial charge in [0.1, 0.15) is 5.54 Å². The highest BCUT2D eigenvalue weighted by atomic mass is 35.5. The summed E-state index contributed by atoms with van der Waals surface area (Å²) in [4.78, 5) is 48.0. The fourth-order valence-electron chi connectivity index (χ4n) is 4.20. The molecular weight excluding hydrogens is 392 g/mol. The van der Waals surface area contributed by atoms with Gasteiger partial charge in [-0.1, -0.05) is 38.8 Å². The highest BCUT2D eigenvalue weighted by Crippen LogP contribution is 2.38. The van der Waals surface area contributed by atoms with E-state index in [9.17, 15) is 14.4 Å². The van der Waals surface area contributed by atoms with Gasteiger partial charge in [0.05, 0.1) is 10.6 Å². The standard InChI is InChI=1S/C21H29ClN4O3/c1-4-5-10-25-19(28)21(26(20(25)29)14-15(2)3)7-11-24(12-8-21)18(27)16-6-9-23-13-17(16)22/h6,9,13,15H,4-5,7-8,10-12,14H2,1-3H3. The molecule has 2 aliphatic heterocycles. The molecule has 0 radical (unpaired) electrons. The number of hydrogen-bond donors (Lipinski definition) is 0. The second-order valence-electron chi connectivity index (χ2n) is 8.28. The first-order valence-corrected chi connectivity index (χ1v) is 10.7. The van der Waals surface area contributed by atoms with Crippen molar-refractivity contribution in [1.82, 2.24) is 19.7 Å². The SMILES string of the molecule is CCCCN1C(=O)N(CC(C)C)C2(CCN(C(=O)c3ccncc3Cl)CC2)C1=O. The normalized spacial score (nSPS) is 19.0. The fraction of sp³-hybridized carbons (Fsp3) is 0.619. The lowest BCUT2D eigenvalue weighted by atomic mass is 9.85. The maximum absolute atomic E-state index is 13.3. The van der Waals surface area contributed by atoms with E-state index in [0.29, 0.717) is 49.6 Å². The summed E-state index contributed by atoms with van der Waals surface area (Å²) in [5.41, 5.74) is -0.427. The van der Waals surface area contributed by atoms with Gasteiger partial charge < -0.3 is 9.80 Å². The number of halogens is 1. The van der Waals surface area contributed by atoms with Gasteiger partial charge in [-0.15, -0.1) is 0 Å². The molecule has 7 nitrogen and oxygen atoms in total. The van der Waals surface area contributed by atoms with Crippen LogP contribution >= 0.6 is 11.6 Å². The number of amides is 4. The molecule has 0 aromatic carbocycles. The van der Waals surface area contributed by atoms with Gasteiger partial charge in [-0.25, -0.2) is 4.79 Å². The number of piperidine rings is 1. The van der Waals surface area contributed by atoms with Crippen molar-refractivity contribution in [2.24, 2.45) is 5.92 Å². The molecule has 0 N–H and O–H groups in total. The molecule has 3 heterocycles. The van der Waals surface area contributed by atoms with Gasteiger partial charge >= 0.3 is 6.03 Å². The van der Waals surface area contributed by atoms with E-state index in [0.717, 1.165) is 12.8 Å². The molecule has 4 amide bonds. The second-order valence-corrected chi connectivity index (χ2v) is 8.68. The molecule has 1 aromatic rings. The van der Waals surface area contributed by atoms with E-state index in [1.54, 1.807) is 22.1 Å². The van der Waals surface area contributed by atoms with Gasteiger partial charge in [-0.05, 0) is 31.2 Å². The Labute approximate surface area is 177 Å². The number of carbonyl (C=O) groups excluding carboxylic acids is 3. The van der Waals surface area contributed by atoms with Gasteiger partial charge in [0.25, 0.3) is 11.8 Å². The number of carbonyl (C=O) groups is 3. The van der Waals surface area contributed by atoms with E-state index in [1.807, 2.05) is 20.8 Å². The lowest BCUT2D eigenvalue weighted by Crippen LogP contribution is -2.58. The van der Waals surface area contributed by atoms with Gasteiger partial charge in [-0.2, -0.15) is 0 Å². The molecule has 8 heteroatoms. The number of pyridine rings is 1. The molecule has 0 saturated carbocycles. The van der Waals surface area contributed by atoms with Gasteiger partial charge in [-0.3, -0.25) is 19.5 Å². The summed E-state index contributed by atoms with van der Waals surface area (Å²) in [7, 11) is 0. The molecule has 0 atom stereocenters. The minimum atomic E-state index is -0.839. The molecule has 0 unspecified atom stereocenters. The zero-order valence-corrected chi connectivity index (χ0v) is 18.1. The van der Waals surface area contributed by atoms with Crippen molar-refractivity contribution in [3.8, 4) is 0 Å². The van der Waals surface area contributed by atoms with Gasteiger partial charge in [0.15, 0.2) is 0 Å². The van der Waals surface area contributed by atoms with Gasteiger partial charge in [0, 0.05) is 38.6 Å². The van der Waals surface area contributed by atoms with Crippen LogP contribution in [0.2, 0.25) is 5.02 Å². The number of likely N-dealkylation sites (tertiary alicyclic amines) is 1. The molecule has 3 rings (SSSR count). The third kappa shape index (κ3) is 3.97. The van der Waals surface area contributed by atoms with Crippen molar-refractivity contribution in [2.75, 3.05) is 26.2 Å². The van der Waals surface area contributed by atoms with E-state index in [1.165, 1.54) is 11.1 Å². The summed E-state index contributed by atoms with van der Waals surface area (Å²) in [6.45, 7) is 7.95. The number of aromatic nitrogens is 1. The number of rotatable bonds is 6. The van der Waals surface area contributed by atoms with Crippen LogP contribution < -0.4 is 0 Å². The Balaban J connectivity index is 1.80. The quantitative estimate of drug-likeness (QED) is 0.661. The van der Waals surface area contributed by atoms with Crippen LogP contribution in [0.4, 0.5) is 4.79 Å². The Kier molecular flexibility index (Phi) is 6.46. The molecule has 2 saturated heterocycles. The van der Waals surface area contributed by atoms with Crippen molar-refractivity contribution in [1.29, 1.82) is 0 Å². The molecule has 29 heavy (non-hydrogen) atoms. The van der Waals surface area contributed by atoms with Crippen LogP contribution in [0.15, 0.2) is 18.5 Å². The first kappa shape index (κ1) is 21.6. The average molecular weight is 421 g/mol. The highest BCUT2D eigenvalue weighted by molar-refractivity contribution is 6.33. The van der Waals surface area contributed by atoms with Crippen LogP contribution in [0.1, 0.15) is 56.8 Å². The van der Waals surface area contributed by atoms with Crippen LogP contribution in [0.25, 0.3) is 0 Å². The zero-order chi connectivity index (χ0) is 21.2. The Hall–Kier alpha value is -2.15. The number of nitrogens with zero attached hydrogens (tertiary/aromatic N) is 4. The predicted molar refractivity (Wildman–Crippen MR) is 111 cm³/mol. The van der Waals surface area contributed by atoms with Crippen molar-refractivity contribution >= 4 is 29.4 Å². The average Bonchev–Trinajstić information content (AvgIpc) is 2.88. The molecule has 1 aromatic heterocycles. The predicted octanol–water partition coefficient (Wildman–Crippen LogP) is 3.43. The minimum absolute atomic E-state index is 0.106. The third-order valence-corrected chi connectivity index (χ3v) is 6.09. The number of unbranched alkanes of at least 4 members (excludes halogenated alkanes) is 1. The lowest BCUT2D eigenvalue weighted by Gasteiger charge is -2.42. The zero-order valence-electron chi connectivity index (χ0n) is 17.4. The number of urea groups is 1. The van der Waals surface area contributed by atoms with Gasteiger partial charge in [0.2, 0.25) is 0 Å². The first-order valence-electron chi connectivity index (χ1n) is 10.3. The van der Waals surface area contributed by atoms with Crippen molar-refractivity contribution < 1.29 is 14.4 Å². The lowest BCUT2D eigenvalue weighted by molar-refractivity contribution is -0.135. The molecule has 0 aliphatic carbocycles. The van der Waals surface area contributed by atoms with Crippen LogP contribution in [0, 0.1) is 5.92 Å². The van der Waals surface area contributed by atoms with E-state index in [2.05, 4.69) is 4.98 Å². The van der Waals surface area contributed by atoms with Crippen LogP contribution in [-0.2, 0) is 4.79 Å². The largest absolute Gasteiger partial charge is 0.338 e. The summed E-state index contributed by atoms with van der Waals surface area (Å²) in [5.74, 6) is -0.0158. The van der Waals surface area contributed by atoms with E-state index >= 15 is 0 Å². The Morgan fingerprint density at radius 1 is 1.28 bits per heavy atom. The summed E-state index contributed by atoms with van der Waals surface area (Å²) < 4.78 is 0. The van der Waals surface area contributed by atoms with E-state index in [4.69, 9.17) is 11.6 Å². The molecule has 0 bridgehead atoms. The summed E-state index contributed by atoms with van der Waals surface area (Å²) >= 11 is 6.13. The number of imide groups is 1. The highest BCUT2D eigenvalue weighted by Gasteiger charge is 2.57. The van der Waals surface area contributed by atoms with Crippen LogP contribution in [0.5, 0.6) is 0 Å². The Bertz CT molecular complexity index is 790.